The highest BCUT2D eigenvalue weighted by atomic mass is 32.1. The number of para-hydroxylation sites is 2. The smallest absolute Gasteiger partial charge is 0.159 e. The molecule has 2 aromatic heterocycles. The van der Waals surface area contributed by atoms with Gasteiger partial charge in [0.05, 0.1) is 11.4 Å². The number of hydrogen-bond donors (Lipinski definition) is 0. The molecule has 0 unspecified atom stereocenters. The van der Waals surface area contributed by atoms with Crippen molar-refractivity contribution in [2.45, 2.75) is 0 Å². The molecule has 51 heavy (non-hydrogen) atoms. The van der Waals surface area contributed by atoms with Crippen LogP contribution in [0, 0.1) is 0 Å². The Morgan fingerprint density at radius 3 is 1.71 bits per heavy atom. The molecule has 0 aliphatic carbocycles. The Labute approximate surface area is 300 Å². The second-order valence-electron chi connectivity index (χ2n) is 12.9. The van der Waals surface area contributed by atoms with Crippen LogP contribution in [0.3, 0.4) is 0 Å². The van der Waals surface area contributed by atoms with E-state index in [0.29, 0.717) is 0 Å². The highest BCUT2D eigenvalue weighted by molar-refractivity contribution is 7.26. The molecule has 0 amide bonds. The fraction of sp³-hybridized carbons (Fsp3) is 0. The molecule has 0 radical (unpaired) electrons. The highest BCUT2D eigenvalue weighted by Crippen LogP contribution is 2.48. The molecule has 3 heteroatoms. The maximum atomic E-state index is 6.98. The third-order valence-electron chi connectivity index (χ3n) is 9.88. The summed E-state index contributed by atoms with van der Waals surface area (Å²) in [7, 11) is 0. The topological polar surface area (TPSA) is 16.4 Å². The molecule has 8 aromatic carbocycles. The van der Waals surface area contributed by atoms with Crippen molar-refractivity contribution in [3.63, 3.8) is 0 Å². The molecule has 2 nitrogen and oxygen atoms in total. The van der Waals surface area contributed by atoms with Gasteiger partial charge in [-0.15, -0.1) is 11.3 Å². The molecule has 0 N–H and O–H groups in total. The van der Waals surface area contributed by atoms with E-state index in [1.807, 2.05) is 11.3 Å². The van der Waals surface area contributed by atoms with Crippen LogP contribution in [-0.4, -0.2) is 0 Å². The van der Waals surface area contributed by atoms with Gasteiger partial charge >= 0.3 is 0 Å². The molecule has 0 aliphatic heterocycles. The van der Waals surface area contributed by atoms with Gasteiger partial charge in [0.15, 0.2) is 5.58 Å². The number of fused-ring (bicyclic) bond motifs is 6. The summed E-state index contributed by atoms with van der Waals surface area (Å²) in [6.45, 7) is 0. The van der Waals surface area contributed by atoms with Crippen molar-refractivity contribution in [2.24, 2.45) is 0 Å². The summed E-state index contributed by atoms with van der Waals surface area (Å²) in [6.07, 6.45) is 0. The molecule has 240 valence electrons. The standard InChI is InChI=1S/C48H31NOS/c1-3-13-32(14-4-1)35-17-9-18-36(31-35)33-27-29-37(30-28-33)49(42-23-12-26-45-46(42)41-19-7-8-25-44(41)51-45)43-24-11-22-40-39-21-10-20-38(47(39)50-48(40)43)34-15-5-2-6-16-34/h1-31H. The van der Waals surface area contributed by atoms with Crippen LogP contribution >= 0.6 is 11.3 Å². The summed E-state index contributed by atoms with van der Waals surface area (Å²) >= 11 is 1.84. The van der Waals surface area contributed by atoms with E-state index < -0.39 is 0 Å². The second-order valence-corrected chi connectivity index (χ2v) is 14.0. The van der Waals surface area contributed by atoms with E-state index in [4.69, 9.17) is 4.42 Å². The minimum Gasteiger partial charge on any atom is -0.453 e. The molecule has 0 atom stereocenters. The number of hydrogen-bond acceptors (Lipinski definition) is 3. The predicted molar refractivity (Wildman–Crippen MR) is 218 cm³/mol. The molecule has 0 saturated carbocycles. The lowest BCUT2D eigenvalue weighted by Crippen LogP contribution is -2.10. The SMILES string of the molecule is c1ccc(-c2cccc(-c3ccc(N(c4cccc5c4oc4c(-c6ccccc6)cccc45)c4cccc5sc6ccccc6c45)cc3)c2)cc1. The number of furan rings is 1. The average molecular weight is 670 g/mol. The Kier molecular flexibility index (Phi) is 7.04. The van der Waals surface area contributed by atoms with Crippen LogP contribution in [0.25, 0.3) is 75.5 Å². The first-order valence-corrected chi connectivity index (χ1v) is 18.1. The molecule has 0 spiro atoms. The van der Waals surface area contributed by atoms with Gasteiger partial charge in [0, 0.05) is 42.2 Å². The van der Waals surface area contributed by atoms with Crippen LogP contribution in [0.4, 0.5) is 17.1 Å². The third kappa shape index (κ3) is 5.01. The van der Waals surface area contributed by atoms with Gasteiger partial charge in [-0.2, -0.15) is 0 Å². The van der Waals surface area contributed by atoms with Crippen molar-refractivity contribution < 1.29 is 4.42 Å². The molecule has 2 heterocycles. The second kappa shape index (κ2) is 12.2. The zero-order valence-electron chi connectivity index (χ0n) is 27.7. The van der Waals surface area contributed by atoms with E-state index in [-0.39, 0.29) is 0 Å². The summed E-state index contributed by atoms with van der Waals surface area (Å²) in [6, 6.07) is 67.2. The van der Waals surface area contributed by atoms with Gasteiger partial charge in [0.1, 0.15) is 5.58 Å². The van der Waals surface area contributed by atoms with Crippen molar-refractivity contribution in [1.82, 2.24) is 0 Å². The first-order valence-electron chi connectivity index (χ1n) is 17.3. The largest absolute Gasteiger partial charge is 0.453 e. The zero-order chi connectivity index (χ0) is 33.7. The monoisotopic (exact) mass is 669 g/mol. The Balaban J connectivity index is 1.18. The highest BCUT2D eigenvalue weighted by Gasteiger charge is 2.23. The molecule has 10 rings (SSSR count). The van der Waals surface area contributed by atoms with Crippen molar-refractivity contribution in [1.29, 1.82) is 0 Å². The third-order valence-corrected chi connectivity index (χ3v) is 11.0. The van der Waals surface area contributed by atoms with Crippen LogP contribution in [0.1, 0.15) is 0 Å². The molecular weight excluding hydrogens is 639 g/mol. The van der Waals surface area contributed by atoms with E-state index >= 15 is 0 Å². The van der Waals surface area contributed by atoms with Crippen molar-refractivity contribution in [2.75, 3.05) is 4.90 Å². The normalized spacial score (nSPS) is 11.5. The fourth-order valence-electron chi connectivity index (χ4n) is 7.49. The van der Waals surface area contributed by atoms with Gasteiger partial charge in [0.25, 0.3) is 0 Å². The predicted octanol–water partition coefficient (Wildman–Crippen LogP) is 14.4. The molecule has 10 aromatic rings. The number of nitrogens with zero attached hydrogens (tertiary/aromatic N) is 1. The summed E-state index contributed by atoms with van der Waals surface area (Å²) in [5.41, 5.74) is 12.0. The minimum atomic E-state index is 0.868. The number of rotatable bonds is 6. The Morgan fingerprint density at radius 2 is 0.922 bits per heavy atom. The summed E-state index contributed by atoms with van der Waals surface area (Å²) < 4.78 is 9.52. The first-order chi connectivity index (χ1) is 25.3. The van der Waals surface area contributed by atoms with E-state index in [0.717, 1.165) is 50.1 Å². The van der Waals surface area contributed by atoms with Crippen LogP contribution in [0.5, 0.6) is 0 Å². The Morgan fingerprint density at radius 1 is 0.373 bits per heavy atom. The van der Waals surface area contributed by atoms with Crippen LogP contribution in [0.2, 0.25) is 0 Å². The van der Waals surface area contributed by atoms with E-state index in [1.54, 1.807) is 0 Å². The summed E-state index contributed by atoms with van der Waals surface area (Å²) in [4.78, 5) is 2.39. The van der Waals surface area contributed by atoms with E-state index in [2.05, 4.69) is 193 Å². The molecule has 0 bridgehead atoms. The van der Waals surface area contributed by atoms with Crippen molar-refractivity contribution in [3.05, 3.63) is 188 Å². The van der Waals surface area contributed by atoms with Gasteiger partial charge < -0.3 is 9.32 Å². The van der Waals surface area contributed by atoms with Gasteiger partial charge in [-0.25, -0.2) is 0 Å². The molecule has 0 saturated heterocycles. The molecular formula is C48H31NOS. The minimum absolute atomic E-state index is 0.868. The quantitative estimate of drug-likeness (QED) is 0.175. The maximum Gasteiger partial charge on any atom is 0.159 e. The molecule has 0 aliphatic rings. The van der Waals surface area contributed by atoms with E-state index in [1.165, 1.54) is 42.4 Å². The van der Waals surface area contributed by atoms with Crippen LogP contribution < -0.4 is 4.90 Å². The first kappa shape index (κ1) is 29.5. The van der Waals surface area contributed by atoms with Crippen molar-refractivity contribution in [3.8, 4) is 33.4 Å². The lowest BCUT2D eigenvalue weighted by molar-refractivity contribution is 0.670. The molecule has 0 fully saturated rings. The van der Waals surface area contributed by atoms with Gasteiger partial charge in [-0.05, 0) is 70.3 Å². The van der Waals surface area contributed by atoms with Gasteiger partial charge in [0.2, 0.25) is 0 Å². The fourth-order valence-corrected chi connectivity index (χ4v) is 8.62. The van der Waals surface area contributed by atoms with Crippen LogP contribution in [0.15, 0.2) is 192 Å². The van der Waals surface area contributed by atoms with Gasteiger partial charge in [-0.3, -0.25) is 0 Å². The zero-order valence-corrected chi connectivity index (χ0v) is 28.5. The van der Waals surface area contributed by atoms with Crippen LogP contribution in [-0.2, 0) is 0 Å². The number of anilines is 3. The number of thiophene rings is 1. The lowest BCUT2D eigenvalue weighted by Gasteiger charge is -2.26. The van der Waals surface area contributed by atoms with Crippen molar-refractivity contribution >= 4 is 70.5 Å². The maximum absolute atomic E-state index is 6.98. The average Bonchev–Trinajstić information content (AvgIpc) is 3.79. The van der Waals surface area contributed by atoms with Gasteiger partial charge in [-0.1, -0.05) is 146 Å². The lowest BCUT2D eigenvalue weighted by atomic mass is 9.98. The number of benzene rings is 8. The summed E-state index contributed by atoms with van der Waals surface area (Å²) in [5.74, 6) is 0. The summed E-state index contributed by atoms with van der Waals surface area (Å²) in [5, 5.41) is 4.72. The van der Waals surface area contributed by atoms with E-state index in [9.17, 15) is 0 Å². The Bertz CT molecular complexity index is 2850. The Hall–Kier alpha value is -6.42.